The van der Waals surface area contributed by atoms with Crippen LogP contribution in [-0.2, 0) is 9.59 Å². The standard InChI is InChI=1S/C30H30ClN3O3S/c31-22-12-10-19(11-13-22)24-25(28(35)20-5-2-1-3-6-20)26(23-7-4-18-38-23)34(29(36)21-8-9-21)27(24)30(37)33-16-14-32-15-17-33/h1-7,10-13,18,21,24-27,32H,8-9,14-17H2. The lowest BCUT2D eigenvalue weighted by atomic mass is 9.77. The van der Waals surface area contributed by atoms with Gasteiger partial charge in [-0.25, -0.2) is 0 Å². The summed E-state index contributed by atoms with van der Waals surface area (Å²) in [6.07, 6.45) is 1.65. The number of thiophene rings is 1. The number of rotatable bonds is 6. The number of ketones is 1. The number of carbonyl (C=O) groups excluding carboxylic acids is 3. The van der Waals surface area contributed by atoms with Crippen molar-refractivity contribution in [2.24, 2.45) is 11.8 Å². The number of Topliss-reactive ketones (excluding diaryl/α,β-unsaturated/α-hetero) is 1. The second-order valence-corrected chi connectivity index (χ2v) is 11.7. The number of carbonyl (C=O) groups is 3. The van der Waals surface area contributed by atoms with Crippen molar-refractivity contribution in [2.75, 3.05) is 26.2 Å². The Morgan fingerprint density at radius 2 is 1.58 bits per heavy atom. The number of hydrogen-bond acceptors (Lipinski definition) is 5. The minimum absolute atomic E-state index is 0.0146. The highest BCUT2D eigenvalue weighted by Crippen LogP contribution is 2.54. The van der Waals surface area contributed by atoms with Crippen molar-refractivity contribution >= 4 is 40.5 Å². The number of piperazine rings is 1. The molecule has 4 atom stereocenters. The van der Waals surface area contributed by atoms with Crippen molar-refractivity contribution in [2.45, 2.75) is 30.8 Å². The monoisotopic (exact) mass is 547 g/mol. The van der Waals surface area contributed by atoms with Crippen LogP contribution in [0.1, 0.15) is 45.6 Å². The Morgan fingerprint density at radius 3 is 2.21 bits per heavy atom. The van der Waals surface area contributed by atoms with Crippen molar-refractivity contribution in [1.82, 2.24) is 15.1 Å². The van der Waals surface area contributed by atoms with E-state index >= 15 is 0 Å². The largest absolute Gasteiger partial charge is 0.338 e. The second kappa shape index (κ2) is 10.6. The molecule has 3 aliphatic rings. The quantitative estimate of drug-likeness (QED) is 0.451. The third-order valence-electron chi connectivity index (χ3n) is 7.98. The molecule has 6 rings (SSSR count). The minimum Gasteiger partial charge on any atom is -0.338 e. The normalized spacial score (nSPS) is 25.4. The fourth-order valence-corrected chi connectivity index (χ4v) is 7.02. The van der Waals surface area contributed by atoms with Crippen LogP contribution < -0.4 is 5.32 Å². The Balaban J connectivity index is 1.55. The Bertz CT molecular complexity index is 1300. The molecule has 8 heteroatoms. The van der Waals surface area contributed by atoms with Crippen LogP contribution in [-0.4, -0.2) is 59.6 Å². The first-order valence-electron chi connectivity index (χ1n) is 13.2. The highest BCUT2D eigenvalue weighted by Gasteiger charge is 2.59. The molecule has 4 unspecified atom stereocenters. The fraction of sp³-hybridized carbons (Fsp3) is 0.367. The van der Waals surface area contributed by atoms with E-state index in [1.54, 1.807) is 17.0 Å². The predicted molar refractivity (Wildman–Crippen MR) is 148 cm³/mol. The van der Waals surface area contributed by atoms with Gasteiger partial charge in [0.05, 0.1) is 12.0 Å². The van der Waals surface area contributed by atoms with E-state index in [9.17, 15) is 14.4 Å². The van der Waals surface area contributed by atoms with E-state index in [4.69, 9.17) is 11.6 Å². The smallest absolute Gasteiger partial charge is 0.246 e. The van der Waals surface area contributed by atoms with E-state index in [1.165, 1.54) is 11.3 Å². The summed E-state index contributed by atoms with van der Waals surface area (Å²) in [6.45, 7) is 2.58. The zero-order valence-electron chi connectivity index (χ0n) is 21.0. The van der Waals surface area contributed by atoms with Gasteiger partial charge in [-0.05, 0) is 42.0 Å². The number of benzene rings is 2. The van der Waals surface area contributed by atoms with Gasteiger partial charge >= 0.3 is 0 Å². The molecule has 196 valence electrons. The lowest BCUT2D eigenvalue weighted by Gasteiger charge is -2.36. The molecule has 0 spiro atoms. The molecule has 3 fully saturated rings. The van der Waals surface area contributed by atoms with Gasteiger partial charge in [0.25, 0.3) is 0 Å². The summed E-state index contributed by atoms with van der Waals surface area (Å²) in [5, 5.41) is 5.87. The summed E-state index contributed by atoms with van der Waals surface area (Å²) >= 11 is 7.80. The van der Waals surface area contributed by atoms with E-state index in [1.807, 2.05) is 64.9 Å². The van der Waals surface area contributed by atoms with E-state index in [0.29, 0.717) is 36.8 Å². The molecule has 2 aliphatic heterocycles. The Hall–Kier alpha value is -3.00. The molecule has 3 heterocycles. The molecule has 38 heavy (non-hydrogen) atoms. The maximum absolute atomic E-state index is 14.4. The average molecular weight is 548 g/mol. The van der Waals surface area contributed by atoms with Gasteiger partial charge in [-0.1, -0.05) is 60.1 Å². The minimum atomic E-state index is -0.771. The van der Waals surface area contributed by atoms with Crippen LogP contribution in [0.3, 0.4) is 0 Å². The predicted octanol–water partition coefficient (Wildman–Crippen LogP) is 4.78. The highest BCUT2D eigenvalue weighted by atomic mass is 35.5. The average Bonchev–Trinajstić information content (AvgIpc) is 3.55. The Labute approximate surface area is 231 Å². The van der Waals surface area contributed by atoms with Gasteiger partial charge in [0, 0.05) is 53.5 Å². The van der Waals surface area contributed by atoms with Crippen molar-refractivity contribution < 1.29 is 14.4 Å². The van der Waals surface area contributed by atoms with Crippen molar-refractivity contribution in [3.05, 3.63) is 93.1 Å². The number of nitrogens with zero attached hydrogens (tertiary/aromatic N) is 2. The third kappa shape index (κ3) is 4.68. The van der Waals surface area contributed by atoms with Gasteiger partial charge in [-0.2, -0.15) is 0 Å². The van der Waals surface area contributed by atoms with E-state index in [0.717, 1.165) is 23.3 Å². The topological polar surface area (TPSA) is 69.7 Å². The number of nitrogens with one attached hydrogen (secondary N) is 1. The summed E-state index contributed by atoms with van der Waals surface area (Å²) < 4.78 is 0. The van der Waals surface area contributed by atoms with Crippen LogP contribution in [0.15, 0.2) is 72.1 Å². The SMILES string of the molecule is O=C(c1ccccc1)C1C(c2ccc(Cl)cc2)C(C(=O)N2CCNCC2)N(C(=O)C2CC2)C1c1cccs1. The molecular formula is C30H30ClN3O3S. The number of likely N-dealkylation sites (tertiary alicyclic amines) is 1. The van der Waals surface area contributed by atoms with Crippen molar-refractivity contribution in [3.8, 4) is 0 Å². The molecule has 1 aromatic heterocycles. The zero-order valence-corrected chi connectivity index (χ0v) is 22.5. The molecule has 0 radical (unpaired) electrons. The summed E-state index contributed by atoms with van der Waals surface area (Å²) in [5.41, 5.74) is 1.44. The van der Waals surface area contributed by atoms with E-state index in [2.05, 4.69) is 5.32 Å². The van der Waals surface area contributed by atoms with Gasteiger partial charge < -0.3 is 15.1 Å². The highest BCUT2D eigenvalue weighted by molar-refractivity contribution is 7.10. The van der Waals surface area contributed by atoms with E-state index < -0.39 is 23.9 Å². The summed E-state index contributed by atoms with van der Waals surface area (Å²) in [5.74, 6) is -1.35. The van der Waals surface area contributed by atoms with Gasteiger partial charge in [-0.3, -0.25) is 14.4 Å². The molecular weight excluding hydrogens is 518 g/mol. The van der Waals surface area contributed by atoms with Crippen LogP contribution in [0, 0.1) is 11.8 Å². The molecule has 1 saturated carbocycles. The van der Waals surface area contributed by atoms with Crippen LogP contribution in [0.25, 0.3) is 0 Å². The van der Waals surface area contributed by atoms with Crippen molar-refractivity contribution in [1.29, 1.82) is 0 Å². The summed E-state index contributed by atoms with van der Waals surface area (Å²) in [6, 6.07) is 19.3. The Morgan fingerprint density at radius 1 is 0.868 bits per heavy atom. The second-order valence-electron chi connectivity index (χ2n) is 10.3. The molecule has 2 saturated heterocycles. The first-order valence-corrected chi connectivity index (χ1v) is 14.5. The van der Waals surface area contributed by atoms with Crippen LogP contribution >= 0.6 is 22.9 Å². The Kier molecular flexibility index (Phi) is 7.08. The first kappa shape index (κ1) is 25.3. The molecule has 3 aromatic rings. The molecule has 1 aliphatic carbocycles. The van der Waals surface area contributed by atoms with Gasteiger partial charge in [0.1, 0.15) is 6.04 Å². The number of amides is 2. The van der Waals surface area contributed by atoms with E-state index in [-0.39, 0.29) is 23.5 Å². The van der Waals surface area contributed by atoms with Crippen LogP contribution in [0.2, 0.25) is 5.02 Å². The maximum Gasteiger partial charge on any atom is 0.246 e. The molecule has 2 amide bonds. The molecule has 2 aromatic carbocycles. The molecule has 1 N–H and O–H groups in total. The first-order chi connectivity index (χ1) is 18.5. The third-order valence-corrected chi connectivity index (χ3v) is 9.17. The molecule has 0 bridgehead atoms. The van der Waals surface area contributed by atoms with Crippen molar-refractivity contribution in [3.63, 3.8) is 0 Å². The van der Waals surface area contributed by atoms with Gasteiger partial charge in [0.15, 0.2) is 5.78 Å². The van der Waals surface area contributed by atoms with Gasteiger partial charge in [0.2, 0.25) is 11.8 Å². The summed E-state index contributed by atoms with van der Waals surface area (Å²) in [4.78, 5) is 47.5. The number of hydrogen-bond donors (Lipinski definition) is 1. The lowest BCUT2D eigenvalue weighted by Crippen LogP contribution is -2.55. The van der Waals surface area contributed by atoms with Crippen LogP contribution in [0.4, 0.5) is 0 Å². The fourth-order valence-electron chi connectivity index (χ4n) is 6.02. The number of halogens is 1. The maximum atomic E-state index is 14.4. The summed E-state index contributed by atoms with van der Waals surface area (Å²) in [7, 11) is 0. The van der Waals surface area contributed by atoms with Crippen LogP contribution in [0.5, 0.6) is 0 Å². The molecule has 6 nitrogen and oxygen atoms in total. The lowest BCUT2D eigenvalue weighted by molar-refractivity contribution is -0.147. The van der Waals surface area contributed by atoms with Gasteiger partial charge in [-0.15, -0.1) is 11.3 Å². The zero-order chi connectivity index (χ0) is 26.2.